The first-order chi connectivity index (χ1) is 9.63. The predicted molar refractivity (Wildman–Crippen MR) is 82.3 cm³/mol. The summed E-state index contributed by atoms with van der Waals surface area (Å²) in [5.74, 6) is 0.0184. The molecule has 0 aliphatic rings. The lowest BCUT2D eigenvalue weighted by atomic mass is 10.1. The van der Waals surface area contributed by atoms with E-state index in [1.807, 2.05) is 42.5 Å². The molecule has 0 unspecified atom stereocenters. The van der Waals surface area contributed by atoms with Crippen LogP contribution < -0.4 is 0 Å². The van der Waals surface area contributed by atoms with E-state index in [1.165, 1.54) is 11.8 Å². The Morgan fingerprint density at radius 1 is 1.25 bits per heavy atom. The number of Topliss-reactive ketones (excluding diaryl/α,β-unsaturated/α-hetero) is 1. The number of hydrogen-bond donors (Lipinski definition) is 0. The van der Waals surface area contributed by atoms with E-state index < -0.39 is 0 Å². The molecule has 2 aromatic carbocycles. The second-order valence-electron chi connectivity index (χ2n) is 4.25. The molecule has 0 saturated heterocycles. The minimum Gasteiger partial charge on any atom is -0.431 e. The highest BCUT2D eigenvalue weighted by Crippen LogP contribution is 2.33. The van der Waals surface area contributed by atoms with Crippen LogP contribution in [0.4, 0.5) is 0 Å². The molecule has 0 aliphatic heterocycles. The molecule has 0 aliphatic carbocycles. The van der Waals surface area contributed by atoms with Gasteiger partial charge in [-0.3, -0.25) is 4.79 Å². The first kappa shape index (κ1) is 13.4. The van der Waals surface area contributed by atoms with E-state index in [-0.39, 0.29) is 5.78 Å². The average molecular weight is 348 g/mol. The maximum Gasteiger partial charge on any atom is 0.261 e. The van der Waals surface area contributed by atoms with E-state index in [4.69, 9.17) is 4.42 Å². The number of carbonyl (C=O) groups excluding carboxylic acids is 1. The highest BCUT2D eigenvalue weighted by Gasteiger charge is 2.13. The van der Waals surface area contributed by atoms with Crippen molar-refractivity contribution in [2.24, 2.45) is 0 Å². The number of para-hydroxylation sites is 2. The molecule has 3 aromatic rings. The maximum atomic E-state index is 11.7. The lowest BCUT2D eigenvalue weighted by Gasteiger charge is -2.04. The van der Waals surface area contributed by atoms with Crippen molar-refractivity contribution in [2.45, 2.75) is 17.0 Å². The van der Waals surface area contributed by atoms with E-state index in [1.54, 1.807) is 6.92 Å². The van der Waals surface area contributed by atoms with Crippen molar-refractivity contribution in [1.82, 2.24) is 4.98 Å². The van der Waals surface area contributed by atoms with Crippen molar-refractivity contribution in [2.75, 3.05) is 0 Å². The van der Waals surface area contributed by atoms with E-state index in [0.29, 0.717) is 10.8 Å². The molecule has 3 nitrogen and oxygen atoms in total. The van der Waals surface area contributed by atoms with Crippen LogP contribution in [0.5, 0.6) is 0 Å². The summed E-state index contributed by atoms with van der Waals surface area (Å²) >= 11 is 4.74. The Kier molecular flexibility index (Phi) is 3.63. The van der Waals surface area contributed by atoms with E-state index in [0.717, 1.165) is 20.5 Å². The standard InChI is InChI=1S/C15H10BrNO2S/c1-9(18)11-8-10(16)6-7-14(11)20-15-17-12-4-2-3-5-13(12)19-15/h2-8H,1H3. The van der Waals surface area contributed by atoms with Gasteiger partial charge in [0, 0.05) is 14.9 Å². The highest BCUT2D eigenvalue weighted by atomic mass is 79.9. The van der Waals surface area contributed by atoms with Crippen LogP contribution in [0, 0.1) is 0 Å². The zero-order valence-corrected chi connectivity index (χ0v) is 13.0. The van der Waals surface area contributed by atoms with E-state index >= 15 is 0 Å². The Balaban J connectivity index is 2.00. The molecular formula is C15H10BrNO2S. The smallest absolute Gasteiger partial charge is 0.261 e. The van der Waals surface area contributed by atoms with Gasteiger partial charge in [-0.1, -0.05) is 28.1 Å². The molecule has 0 spiro atoms. The van der Waals surface area contributed by atoms with Gasteiger partial charge in [0.15, 0.2) is 11.4 Å². The van der Waals surface area contributed by atoms with Gasteiger partial charge in [0.05, 0.1) is 0 Å². The largest absolute Gasteiger partial charge is 0.431 e. The number of carbonyl (C=O) groups is 1. The summed E-state index contributed by atoms with van der Waals surface area (Å²) in [6.45, 7) is 1.55. The minimum atomic E-state index is 0.0184. The van der Waals surface area contributed by atoms with E-state index in [2.05, 4.69) is 20.9 Å². The SMILES string of the molecule is CC(=O)c1cc(Br)ccc1Sc1nc2ccccc2o1. The first-order valence-corrected chi connectivity index (χ1v) is 7.58. The summed E-state index contributed by atoms with van der Waals surface area (Å²) < 4.78 is 6.55. The third-order valence-corrected chi connectivity index (χ3v) is 4.21. The van der Waals surface area contributed by atoms with Gasteiger partial charge in [0.1, 0.15) is 5.52 Å². The van der Waals surface area contributed by atoms with Crippen LogP contribution in [-0.2, 0) is 0 Å². The van der Waals surface area contributed by atoms with Crippen molar-refractivity contribution < 1.29 is 9.21 Å². The van der Waals surface area contributed by atoms with Crippen LogP contribution in [0.1, 0.15) is 17.3 Å². The molecule has 0 saturated carbocycles. The van der Waals surface area contributed by atoms with Crippen molar-refractivity contribution in [1.29, 1.82) is 0 Å². The molecule has 1 aromatic heterocycles. The first-order valence-electron chi connectivity index (χ1n) is 5.97. The predicted octanol–water partition coefficient (Wildman–Crippen LogP) is 4.94. The zero-order chi connectivity index (χ0) is 14.1. The zero-order valence-electron chi connectivity index (χ0n) is 10.6. The maximum absolute atomic E-state index is 11.7. The Morgan fingerprint density at radius 2 is 2.05 bits per heavy atom. The van der Waals surface area contributed by atoms with Gasteiger partial charge in [-0.05, 0) is 49.0 Å². The van der Waals surface area contributed by atoms with Gasteiger partial charge < -0.3 is 4.42 Å². The lowest BCUT2D eigenvalue weighted by Crippen LogP contribution is -1.94. The quantitative estimate of drug-likeness (QED) is 0.629. The third-order valence-electron chi connectivity index (χ3n) is 2.79. The molecule has 1 heterocycles. The summed E-state index contributed by atoms with van der Waals surface area (Å²) in [5, 5.41) is 0.538. The van der Waals surface area contributed by atoms with Crippen LogP contribution in [0.2, 0.25) is 0 Å². The lowest BCUT2D eigenvalue weighted by molar-refractivity contribution is 0.101. The van der Waals surface area contributed by atoms with E-state index in [9.17, 15) is 4.79 Å². The van der Waals surface area contributed by atoms with Crippen molar-refractivity contribution in [3.8, 4) is 0 Å². The van der Waals surface area contributed by atoms with Crippen LogP contribution >= 0.6 is 27.7 Å². The second-order valence-corrected chi connectivity index (χ2v) is 6.16. The summed E-state index contributed by atoms with van der Waals surface area (Å²) in [6, 6.07) is 13.2. The molecule has 0 N–H and O–H groups in total. The topological polar surface area (TPSA) is 43.1 Å². The molecule has 0 bridgehead atoms. The fourth-order valence-electron chi connectivity index (χ4n) is 1.86. The molecule has 5 heteroatoms. The van der Waals surface area contributed by atoms with Crippen LogP contribution in [0.3, 0.4) is 0 Å². The Hall–Kier alpha value is -1.59. The molecule has 0 amide bonds. The van der Waals surface area contributed by atoms with Gasteiger partial charge in [-0.2, -0.15) is 0 Å². The van der Waals surface area contributed by atoms with Gasteiger partial charge in [0.25, 0.3) is 5.22 Å². The molecule has 0 atom stereocenters. The summed E-state index contributed by atoms with van der Waals surface area (Å²) in [4.78, 5) is 16.9. The fraction of sp³-hybridized carbons (Fsp3) is 0.0667. The Bertz CT molecular complexity index is 764. The minimum absolute atomic E-state index is 0.0184. The Labute approximate surface area is 128 Å². The van der Waals surface area contributed by atoms with Crippen molar-refractivity contribution in [3.05, 3.63) is 52.5 Å². The number of fused-ring (bicyclic) bond motifs is 1. The molecular weight excluding hydrogens is 338 g/mol. The number of benzene rings is 2. The van der Waals surface area contributed by atoms with Gasteiger partial charge in [-0.15, -0.1) is 0 Å². The molecule has 0 radical (unpaired) electrons. The second kappa shape index (κ2) is 5.42. The normalized spacial score (nSPS) is 10.9. The van der Waals surface area contributed by atoms with Crippen molar-refractivity contribution in [3.63, 3.8) is 0 Å². The third kappa shape index (κ3) is 2.64. The molecule has 100 valence electrons. The average Bonchev–Trinajstić information content (AvgIpc) is 2.82. The molecule has 3 rings (SSSR count). The van der Waals surface area contributed by atoms with Crippen molar-refractivity contribution >= 4 is 44.6 Å². The van der Waals surface area contributed by atoms with Crippen LogP contribution in [-0.4, -0.2) is 10.8 Å². The number of oxazole rings is 1. The monoisotopic (exact) mass is 347 g/mol. The molecule has 0 fully saturated rings. The number of rotatable bonds is 3. The number of nitrogens with zero attached hydrogens (tertiary/aromatic N) is 1. The van der Waals surface area contributed by atoms with Crippen LogP contribution in [0.25, 0.3) is 11.1 Å². The number of ketones is 1. The number of aromatic nitrogens is 1. The van der Waals surface area contributed by atoms with Gasteiger partial charge in [-0.25, -0.2) is 4.98 Å². The number of halogens is 1. The molecule has 20 heavy (non-hydrogen) atoms. The fourth-order valence-corrected chi connectivity index (χ4v) is 3.13. The van der Waals surface area contributed by atoms with Gasteiger partial charge in [0.2, 0.25) is 0 Å². The number of hydrogen-bond acceptors (Lipinski definition) is 4. The Morgan fingerprint density at radius 3 is 2.80 bits per heavy atom. The van der Waals surface area contributed by atoms with Crippen LogP contribution in [0.15, 0.2) is 61.5 Å². The summed E-state index contributed by atoms with van der Waals surface area (Å²) in [6.07, 6.45) is 0. The summed E-state index contributed by atoms with van der Waals surface area (Å²) in [5.41, 5.74) is 2.22. The van der Waals surface area contributed by atoms with Gasteiger partial charge >= 0.3 is 0 Å². The highest BCUT2D eigenvalue weighted by molar-refractivity contribution is 9.10. The summed E-state index contributed by atoms with van der Waals surface area (Å²) in [7, 11) is 0.